The summed E-state index contributed by atoms with van der Waals surface area (Å²) in [7, 11) is 0. The smallest absolute Gasteiger partial charge is 0.160 e. The first-order valence-electron chi connectivity index (χ1n) is 17.1. The molecule has 5 aromatic carbocycles. The SMILES string of the molecule is c1ccc(-c2nc(-c3ccc(-c4cccnc4)cc3)cc(-c3ccccc3-c3ccc4c(c3)-c3ccccc3C43CCCCC3)n2)cc1. The molecule has 0 bridgehead atoms. The Morgan fingerprint density at radius 3 is 1.85 bits per heavy atom. The van der Waals surface area contributed by atoms with Crippen LogP contribution < -0.4 is 0 Å². The molecule has 9 rings (SSSR count). The van der Waals surface area contributed by atoms with Gasteiger partial charge in [0.1, 0.15) is 0 Å². The lowest BCUT2D eigenvalue weighted by atomic mass is 9.68. The summed E-state index contributed by atoms with van der Waals surface area (Å²) in [6.45, 7) is 0. The van der Waals surface area contributed by atoms with E-state index >= 15 is 0 Å². The van der Waals surface area contributed by atoms with Gasteiger partial charge in [0, 0.05) is 34.5 Å². The fraction of sp³-hybridized carbons (Fsp3) is 0.133. The largest absolute Gasteiger partial charge is 0.264 e. The predicted molar refractivity (Wildman–Crippen MR) is 196 cm³/mol. The highest BCUT2D eigenvalue weighted by Crippen LogP contribution is 2.56. The van der Waals surface area contributed by atoms with Crippen LogP contribution in [0.2, 0.25) is 0 Å². The van der Waals surface area contributed by atoms with Crippen molar-refractivity contribution < 1.29 is 0 Å². The van der Waals surface area contributed by atoms with E-state index in [9.17, 15) is 0 Å². The third-order valence-electron chi connectivity index (χ3n) is 10.4. The van der Waals surface area contributed by atoms with Crippen LogP contribution in [0.5, 0.6) is 0 Å². The lowest BCUT2D eigenvalue weighted by Crippen LogP contribution is -2.27. The van der Waals surface area contributed by atoms with Gasteiger partial charge < -0.3 is 0 Å². The molecule has 3 heteroatoms. The van der Waals surface area contributed by atoms with Crippen molar-refractivity contribution in [1.82, 2.24) is 15.0 Å². The minimum atomic E-state index is 0.154. The highest BCUT2D eigenvalue weighted by atomic mass is 14.9. The summed E-state index contributed by atoms with van der Waals surface area (Å²) >= 11 is 0. The van der Waals surface area contributed by atoms with Gasteiger partial charge >= 0.3 is 0 Å². The summed E-state index contributed by atoms with van der Waals surface area (Å²) < 4.78 is 0. The molecule has 0 saturated heterocycles. The van der Waals surface area contributed by atoms with Crippen LogP contribution >= 0.6 is 0 Å². The summed E-state index contributed by atoms with van der Waals surface area (Å²) in [5.74, 6) is 0.719. The van der Waals surface area contributed by atoms with Crippen LogP contribution in [0.15, 0.2) is 152 Å². The Kier molecular flexibility index (Phi) is 7.04. The van der Waals surface area contributed by atoms with E-state index < -0.39 is 0 Å². The van der Waals surface area contributed by atoms with Gasteiger partial charge in [0.05, 0.1) is 11.4 Å². The molecule has 3 nitrogen and oxygen atoms in total. The van der Waals surface area contributed by atoms with Gasteiger partial charge in [0.2, 0.25) is 0 Å². The monoisotopic (exact) mass is 617 g/mol. The number of benzene rings is 5. The van der Waals surface area contributed by atoms with Gasteiger partial charge in [-0.15, -0.1) is 0 Å². The first-order valence-corrected chi connectivity index (χ1v) is 17.1. The second-order valence-electron chi connectivity index (χ2n) is 13.1. The van der Waals surface area contributed by atoms with Crippen LogP contribution in [0.25, 0.3) is 67.3 Å². The van der Waals surface area contributed by atoms with Crippen LogP contribution in [0.4, 0.5) is 0 Å². The lowest BCUT2D eigenvalue weighted by molar-refractivity contribution is 0.353. The average Bonchev–Trinajstić information content (AvgIpc) is 3.43. The van der Waals surface area contributed by atoms with Gasteiger partial charge in [-0.3, -0.25) is 4.98 Å². The molecule has 2 heterocycles. The minimum absolute atomic E-state index is 0.154. The molecule has 2 aromatic heterocycles. The van der Waals surface area contributed by atoms with Gasteiger partial charge in [0.25, 0.3) is 0 Å². The third kappa shape index (κ3) is 4.86. The zero-order valence-electron chi connectivity index (χ0n) is 26.8. The van der Waals surface area contributed by atoms with Crippen LogP contribution in [-0.2, 0) is 5.41 Å². The molecule has 1 spiro atoms. The Bertz CT molecular complexity index is 2250. The van der Waals surface area contributed by atoms with Gasteiger partial charge in [0.15, 0.2) is 5.82 Å². The van der Waals surface area contributed by atoms with Crippen molar-refractivity contribution in [3.63, 3.8) is 0 Å². The van der Waals surface area contributed by atoms with Crippen molar-refractivity contribution in [2.45, 2.75) is 37.5 Å². The summed E-state index contributed by atoms with van der Waals surface area (Å²) in [4.78, 5) is 14.6. The van der Waals surface area contributed by atoms with E-state index in [-0.39, 0.29) is 5.41 Å². The van der Waals surface area contributed by atoms with Crippen LogP contribution in [0.3, 0.4) is 0 Å². The summed E-state index contributed by atoms with van der Waals surface area (Å²) in [6, 6.07) is 50.1. The van der Waals surface area contributed by atoms with Crippen molar-refractivity contribution >= 4 is 0 Å². The minimum Gasteiger partial charge on any atom is -0.264 e. The molecule has 0 atom stereocenters. The average molecular weight is 618 g/mol. The molecule has 48 heavy (non-hydrogen) atoms. The Hall–Kier alpha value is -5.67. The fourth-order valence-corrected chi connectivity index (χ4v) is 8.10. The van der Waals surface area contributed by atoms with E-state index in [1.807, 2.05) is 30.5 Å². The standard InChI is InChI=1S/C45H35N3/c1-3-12-33(13-4-1)44-47-42(32-21-19-31(20-22-32)35-14-11-27-46-30-35)29-43(48-44)38-17-6-5-15-36(38)34-23-24-41-39(28-34)37-16-7-8-18-40(37)45(41)25-9-2-10-26-45/h1,3-8,11-24,27-30H,2,9-10,25-26H2. The Morgan fingerprint density at radius 1 is 0.417 bits per heavy atom. The van der Waals surface area contributed by atoms with Gasteiger partial charge in [-0.25, -0.2) is 9.97 Å². The van der Waals surface area contributed by atoms with Crippen molar-refractivity contribution in [2.24, 2.45) is 0 Å². The Morgan fingerprint density at radius 2 is 1.06 bits per heavy atom. The van der Waals surface area contributed by atoms with E-state index in [2.05, 4.69) is 120 Å². The molecule has 0 N–H and O–H groups in total. The van der Waals surface area contributed by atoms with Crippen molar-refractivity contribution in [3.05, 3.63) is 163 Å². The summed E-state index contributed by atoms with van der Waals surface area (Å²) in [5.41, 5.74) is 15.6. The number of pyridine rings is 1. The van der Waals surface area contributed by atoms with E-state index in [1.165, 1.54) is 65.5 Å². The van der Waals surface area contributed by atoms with Gasteiger partial charge in [-0.2, -0.15) is 0 Å². The number of rotatable bonds is 5. The lowest BCUT2D eigenvalue weighted by Gasteiger charge is -2.36. The Labute approximate surface area is 282 Å². The number of aromatic nitrogens is 3. The first kappa shape index (κ1) is 28.5. The molecule has 7 aromatic rings. The van der Waals surface area contributed by atoms with E-state index in [4.69, 9.17) is 9.97 Å². The highest BCUT2D eigenvalue weighted by Gasteiger charge is 2.43. The van der Waals surface area contributed by atoms with Crippen LogP contribution in [0, 0.1) is 0 Å². The van der Waals surface area contributed by atoms with Crippen molar-refractivity contribution in [2.75, 3.05) is 0 Å². The summed E-state index contributed by atoms with van der Waals surface area (Å²) in [5, 5.41) is 0. The Balaban J connectivity index is 1.17. The number of hydrogen-bond donors (Lipinski definition) is 0. The second-order valence-corrected chi connectivity index (χ2v) is 13.1. The quantitative estimate of drug-likeness (QED) is 0.193. The zero-order valence-corrected chi connectivity index (χ0v) is 26.8. The van der Waals surface area contributed by atoms with Crippen molar-refractivity contribution in [3.8, 4) is 67.3 Å². The molecular weight excluding hydrogens is 583 g/mol. The molecule has 1 fully saturated rings. The van der Waals surface area contributed by atoms with Crippen LogP contribution in [0.1, 0.15) is 43.2 Å². The molecule has 2 aliphatic rings. The number of nitrogens with zero attached hydrogens (tertiary/aromatic N) is 3. The molecule has 0 amide bonds. The molecule has 0 radical (unpaired) electrons. The molecule has 2 aliphatic carbocycles. The van der Waals surface area contributed by atoms with E-state index in [0.717, 1.165) is 45.0 Å². The number of fused-ring (bicyclic) bond motifs is 5. The molecule has 230 valence electrons. The topological polar surface area (TPSA) is 38.7 Å². The van der Waals surface area contributed by atoms with Crippen LogP contribution in [-0.4, -0.2) is 15.0 Å². The predicted octanol–water partition coefficient (Wildman–Crippen LogP) is 11.4. The van der Waals surface area contributed by atoms with Crippen molar-refractivity contribution in [1.29, 1.82) is 0 Å². The maximum absolute atomic E-state index is 5.21. The highest BCUT2D eigenvalue weighted by molar-refractivity contribution is 5.89. The molecule has 0 unspecified atom stereocenters. The fourth-order valence-electron chi connectivity index (χ4n) is 8.10. The van der Waals surface area contributed by atoms with Gasteiger partial charge in [-0.1, -0.05) is 141 Å². The molecule has 1 saturated carbocycles. The second kappa shape index (κ2) is 11.8. The summed E-state index contributed by atoms with van der Waals surface area (Å²) in [6.07, 6.45) is 10.1. The number of hydrogen-bond acceptors (Lipinski definition) is 3. The van der Waals surface area contributed by atoms with Gasteiger partial charge in [-0.05, 0) is 75.5 Å². The van der Waals surface area contributed by atoms with E-state index in [1.54, 1.807) is 6.20 Å². The maximum Gasteiger partial charge on any atom is 0.160 e. The molecule has 0 aliphatic heterocycles. The molecular formula is C45H35N3. The maximum atomic E-state index is 5.21. The third-order valence-corrected chi connectivity index (χ3v) is 10.4. The normalized spacial score (nSPS) is 14.4. The van der Waals surface area contributed by atoms with E-state index in [0.29, 0.717) is 0 Å². The first-order chi connectivity index (χ1) is 23.8. The zero-order chi connectivity index (χ0) is 31.9.